The minimum Gasteiger partial charge on any atom is -0.497 e. The number of hydrogen-bond donors (Lipinski definition) is 1. The van der Waals surface area contributed by atoms with Crippen LogP contribution in [0.4, 0.5) is 5.69 Å². The quantitative estimate of drug-likeness (QED) is 0.637. The van der Waals surface area contributed by atoms with Gasteiger partial charge in [0.2, 0.25) is 0 Å². The van der Waals surface area contributed by atoms with Crippen molar-refractivity contribution in [2.45, 2.75) is 0 Å². The second-order valence-electron chi connectivity index (χ2n) is 5.28. The number of aromatic nitrogens is 1. The summed E-state index contributed by atoms with van der Waals surface area (Å²) < 4.78 is 10.6. The highest BCUT2D eigenvalue weighted by atomic mass is 32.1. The van der Waals surface area contributed by atoms with Gasteiger partial charge in [-0.15, -0.1) is 11.3 Å². The van der Waals surface area contributed by atoms with Crippen molar-refractivity contribution in [3.8, 4) is 28.8 Å². The molecule has 26 heavy (non-hydrogen) atoms. The molecule has 0 unspecified atom stereocenters. The molecular weight excluding hydrogens is 346 g/mol. The van der Waals surface area contributed by atoms with Crippen LogP contribution in [0.1, 0.15) is 5.01 Å². The summed E-state index contributed by atoms with van der Waals surface area (Å²) in [5.74, 6) is 1.35. The lowest BCUT2D eigenvalue weighted by molar-refractivity contribution is 0.405. The third-order valence-corrected chi connectivity index (χ3v) is 4.58. The van der Waals surface area contributed by atoms with E-state index in [1.54, 1.807) is 26.5 Å². The van der Waals surface area contributed by atoms with Crippen LogP contribution < -0.4 is 14.8 Å². The standard InChI is InChI=1S/C20H17N3O2S/c1-24-16-8-9-19(25-2)17(10-16)22-12-15(11-21)20-23-18(13-26-20)14-6-4-3-5-7-14/h3-10,12-13,22H,1-2H3/b15-12+. The highest BCUT2D eigenvalue weighted by molar-refractivity contribution is 7.11. The molecule has 0 spiro atoms. The van der Waals surface area contributed by atoms with E-state index >= 15 is 0 Å². The number of nitrogens with one attached hydrogen (secondary N) is 1. The normalized spacial score (nSPS) is 10.9. The number of anilines is 1. The van der Waals surface area contributed by atoms with E-state index in [-0.39, 0.29) is 0 Å². The van der Waals surface area contributed by atoms with Gasteiger partial charge in [-0.1, -0.05) is 30.3 Å². The molecule has 0 saturated heterocycles. The van der Waals surface area contributed by atoms with Gasteiger partial charge in [-0.05, 0) is 12.1 Å². The van der Waals surface area contributed by atoms with Gasteiger partial charge in [0.25, 0.3) is 0 Å². The van der Waals surface area contributed by atoms with Gasteiger partial charge in [0, 0.05) is 23.2 Å². The molecule has 1 aromatic heterocycles. The summed E-state index contributed by atoms with van der Waals surface area (Å²) in [6, 6.07) is 17.5. The summed E-state index contributed by atoms with van der Waals surface area (Å²) in [7, 11) is 3.19. The summed E-state index contributed by atoms with van der Waals surface area (Å²) in [4.78, 5) is 4.57. The minimum absolute atomic E-state index is 0.446. The van der Waals surface area contributed by atoms with Crippen molar-refractivity contribution < 1.29 is 9.47 Å². The summed E-state index contributed by atoms with van der Waals surface area (Å²) >= 11 is 1.43. The van der Waals surface area contributed by atoms with Crippen LogP contribution in [0.3, 0.4) is 0 Å². The molecule has 2 aromatic carbocycles. The van der Waals surface area contributed by atoms with Gasteiger partial charge in [0.15, 0.2) is 0 Å². The van der Waals surface area contributed by atoms with Crippen molar-refractivity contribution >= 4 is 22.6 Å². The lowest BCUT2D eigenvalue weighted by Gasteiger charge is -2.10. The molecule has 3 rings (SSSR count). The van der Waals surface area contributed by atoms with Gasteiger partial charge in [0.05, 0.1) is 25.6 Å². The first kappa shape index (κ1) is 17.5. The highest BCUT2D eigenvalue weighted by Gasteiger charge is 2.10. The topological polar surface area (TPSA) is 67.2 Å². The molecule has 0 atom stereocenters. The number of benzene rings is 2. The number of allylic oxidation sites excluding steroid dienone is 1. The predicted octanol–water partition coefficient (Wildman–Crippen LogP) is 4.80. The molecule has 0 saturated carbocycles. The Hall–Kier alpha value is -3.30. The molecule has 6 heteroatoms. The molecule has 5 nitrogen and oxygen atoms in total. The summed E-state index contributed by atoms with van der Waals surface area (Å²) in [6.07, 6.45) is 1.63. The van der Waals surface area contributed by atoms with Crippen LogP contribution in [0.25, 0.3) is 16.8 Å². The molecule has 130 valence electrons. The first-order valence-electron chi connectivity index (χ1n) is 7.85. The van der Waals surface area contributed by atoms with Crippen molar-refractivity contribution in [1.29, 1.82) is 5.26 Å². The SMILES string of the molecule is COc1ccc(OC)c(N/C=C(\C#N)c2nc(-c3ccccc3)cs2)c1. The van der Waals surface area contributed by atoms with E-state index in [0.717, 1.165) is 11.3 Å². The maximum atomic E-state index is 9.52. The number of ether oxygens (including phenoxy) is 2. The number of methoxy groups -OCH3 is 2. The van der Waals surface area contributed by atoms with Crippen LogP contribution in [-0.2, 0) is 0 Å². The van der Waals surface area contributed by atoms with Gasteiger partial charge in [-0.3, -0.25) is 0 Å². The van der Waals surface area contributed by atoms with Gasteiger partial charge in [0.1, 0.15) is 28.1 Å². The van der Waals surface area contributed by atoms with Crippen LogP contribution in [0.15, 0.2) is 60.1 Å². The monoisotopic (exact) mass is 363 g/mol. The number of nitrogens with zero attached hydrogens (tertiary/aromatic N) is 2. The van der Waals surface area contributed by atoms with E-state index in [0.29, 0.717) is 27.8 Å². The molecule has 1 heterocycles. The molecule has 0 radical (unpaired) electrons. The average Bonchev–Trinajstić information content (AvgIpc) is 3.19. The fraction of sp³-hybridized carbons (Fsp3) is 0.100. The summed E-state index contributed by atoms with van der Waals surface area (Å²) in [5.41, 5.74) is 3.03. The molecule has 0 aliphatic carbocycles. The van der Waals surface area contributed by atoms with E-state index in [1.807, 2.05) is 47.8 Å². The smallest absolute Gasteiger partial charge is 0.142 e. The van der Waals surface area contributed by atoms with Crippen LogP contribution >= 0.6 is 11.3 Å². The van der Waals surface area contributed by atoms with Crippen LogP contribution in [-0.4, -0.2) is 19.2 Å². The van der Waals surface area contributed by atoms with Crippen LogP contribution in [0.2, 0.25) is 0 Å². The lowest BCUT2D eigenvalue weighted by atomic mass is 10.2. The molecule has 0 aliphatic heterocycles. The van der Waals surface area contributed by atoms with Crippen LogP contribution in [0.5, 0.6) is 11.5 Å². The fourth-order valence-electron chi connectivity index (χ4n) is 2.36. The predicted molar refractivity (Wildman–Crippen MR) is 104 cm³/mol. The largest absolute Gasteiger partial charge is 0.497 e. The van der Waals surface area contributed by atoms with Crippen molar-refractivity contribution in [3.05, 3.63) is 65.1 Å². The Kier molecular flexibility index (Phi) is 5.52. The van der Waals surface area contributed by atoms with E-state index in [2.05, 4.69) is 16.4 Å². The molecule has 0 amide bonds. The van der Waals surface area contributed by atoms with E-state index in [9.17, 15) is 5.26 Å². The Morgan fingerprint density at radius 3 is 2.65 bits per heavy atom. The zero-order valence-electron chi connectivity index (χ0n) is 14.4. The average molecular weight is 363 g/mol. The molecule has 0 bridgehead atoms. The maximum Gasteiger partial charge on any atom is 0.142 e. The van der Waals surface area contributed by atoms with Gasteiger partial charge in [-0.25, -0.2) is 4.98 Å². The lowest BCUT2D eigenvalue weighted by Crippen LogP contribution is -1.96. The molecule has 0 fully saturated rings. The van der Waals surface area contributed by atoms with Gasteiger partial charge >= 0.3 is 0 Å². The highest BCUT2D eigenvalue weighted by Crippen LogP contribution is 2.30. The first-order chi connectivity index (χ1) is 12.7. The second-order valence-corrected chi connectivity index (χ2v) is 6.14. The van der Waals surface area contributed by atoms with Crippen molar-refractivity contribution in [2.75, 3.05) is 19.5 Å². The Balaban J connectivity index is 1.86. The Bertz CT molecular complexity index is 959. The summed E-state index contributed by atoms with van der Waals surface area (Å²) in [5, 5.41) is 15.2. The van der Waals surface area contributed by atoms with Crippen molar-refractivity contribution in [3.63, 3.8) is 0 Å². The number of nitriles is 1. The Morgan fingerprint density at radius 2 is 1.96 bits per heavy atom. The third-order valence-electron chi connectivity index (χ3n) is 3.70. The zero-order valence-corrected chi connectivity index (χ0v) is 15.2. The molecule has 0 aliphatic rings. The van der Waals surface area contributed by atoms with Gasteiger partial charge < -0.3 is 14.8 Å². The van der Waals surface area contributed by atoms with E-state index in [1.165, 1.54) is 11.3 Å². The van der Waals surface area contributed by atoms with Crippen molar-refractivity contribution in [2.24, 2.45) is 0 Å². The van der Waals surface area contributed by atoms with Crippen molar-refractivity contribution in [1.82, 2.24) is 4.98 Å². The second kappa shape index (κ2) is 8.19. The number of rotatable bonds is 6. The fourth-order valence-corrected chi connectivity index (χ4v) is 3.15. The number of thiazole rings is 1. The maximum absolute atomic E-state index is 9.52. The van der Waals surface area contributed by atoms with Gasteiger partial charge in [-0.2, -0.15) is 5.26 Å². The van der Waals surface area contributed by atoms with E-state index in [4.69, 9.17) is 9.47 Å². The van der Waals surface area contributed by atoms with Crippen LogP contribution in [0, 0.1) is 11.3 Å². The zero-order chi connectivity index (χ0) is 18.4. The molecule has 3 aromatic rings. The Morgan fingerprint density at radius 1 is 1.15 bits per heavy atom. The molecule has 1 N–H and O–H groups in total. The number of hydrogen-bond acceptors (Lipinski definition) is 6. The third kappa shape index (κ3) is 3.85. The van der Waals surface area contributed by atoms with E-state index < -0.39 is 0 Å². The minimum atomic E-state index is 0.446. The first-order valence-corrected chi connectivity index (χ1v) is 8.73. The Labute approximate surface area is 156 Å². The molecular formula is C20H17N3O2S. The summed E-state index contributed by atoms with van der Waals surface area (Å²) in [6.45, 7) is 0.